The number of fused-ring (bicyclic) bond motifs is 1. The number of hydrogen-bond donors (Lipinski definition) is 0. The lowest BCUT2D eigenvalue weighted by Gasteiger charge is -2.14. The molecule has 0 aliphatic heterocycles. The van der Waals surface area contributed by atoms with Crippen molar-refractivity contribution in [3.63, 3.8) is 0 Å². The van der Waals surface area contributed by atoms with Crippen molar-refractivity contribution in [3.05, 3.63) is 88.7 Å². The summed E-state index contributed by atoms with van der Waals surface area (Å²) in [6.45, 7) is 10.3. The van der Waals surface area contributed by atoms with E-state index < -0.39 is 0 Å². The van der Waals surface area contributed by atoms with Crippen LogP contribution < -0.4 is 9.47 Å². The highest BCUT2D eigenvalue weighted by Gasteiger charge is 2.17. The summed E-state index contributed by atoms with van der Waals surface area (Å²) in [6, 6.07) is 18.6. The first-order valence-electron chi connectivity index (χ1n) is 10.4. The van der Waals surface area contributed by atoms with Gasteiger partial charge in [-0.3, -0.25) is 4.98 Å². The Kier molecular flexibility index (Phi) is 7.24. The minimum Gasteiger partial charge on any atom is -0.493 e. The van der Waals surface area contributed by atoms with Crippen molar-refractivity contribution in [1.29, 1.82) is 0 Å². The van der Waals surface area contributed by atoms with Crippen molar-refractivity contribution in [2.75, 3.05) is 6.61 Å². The SMILES string of the molecule is CCOc1ccccc1COc1ccnc2c(C)c(C)n(Cc3cccc(C)c3)c12.Cl. The highest BCUT2D eigenvalue weighted by molar-refractivity contribution is 5.86. The Labute approximate surface area is 190 Å². The molecule has 2 heterocycles. The van der Waals surface area contributed by atoms with E-state index in [0.29, 0.717) is 13.2 Å². The first-order chi connectivity index (χ1) is 14.6. The first-order valence-corrected chi connectivity index (χ1v) is 10.4. The molecule has 0 amide bonds. The Morgan fingerprint density at radius 1 is 0.903 bits per heavy atom. The van der Waals surface area contributed by atoms with Crippen LogP contribution in [0.15, 0.2) is 60.8 Å². The van der Waals surface area contributed by atoms with Crippen LogP contribution in [0.3, 0.4) is 0 Å². The highest BCUT2D eigenvalue weighted by atomic mass is 35.5. The Morgan fingerprint density at radius 3 is 2.48 bits per heavy atom. The zero-order chi connectivity index (χ0) is 21.1. The van der Waals surface area contributed by atoms with Crippen LogP contribution in [-0.4, -0.2) is 16.2 Å². The van der Waals surface area contributed by atoms with Gasteiger partial charge in [0, 0.05) is 30.1 Å². The van der Waals surface area contributed by atoms with Gasteiger partial charge >= 0.3 is 0 Å². The topological polar surface area (TPSA) is 36.3 Å². The molecular formula is C26H29ClN2O2. The predicted octanol–water partition coefficient (Wildman–Crippen LogP) is 6.41. The largest absolute Gasteiger partial charge is 0.493 e. The molecule has 31 heavy (non-hydrogen) atoms. The summed E-state index contributed by atoms with van der Waals surface area (Å²) in [5.41, 5.74) is 8.02. The van der Waals surface area contributed by atoms with Gasteiger partial charge in [-0.1, -0.05) is 48.0 Å². The maximum absolute atomic E-state index is 6.32. The molecule has 0 radical (unpaired) electrons. The van der Waals surface area contributed by atoms with E-state index in [1.165, 1.54) is 22.4 Å². The summed E-state index contributed by atoms with van der Waals surface area (Å²) < 4.78 is 14.4. The third-order valence-corrected chi connectivity index (χ3v) is 5.54. The van der Waals surface area contributed by atoms with Crippen LogP contribution in [0, 0.1) is 20.8 Å². The first kappa shape index (κ1) is 22.7. The van der Waals surface area contributed by atoms with Crippen molar-refractivity contribution in [3.8, 4) is 11.5 Å². The minimum atomic E-state index is 0. The normalized spacial score (nSPS) is 10.7. The van der Waals surface area contributed by atoms with Crippen LogP contribution >= 0.6 is 12.4 Å². The van der Waals surface area contributed by atoms with E-state index >= 15 is 0 Å². The van der Waals surface area contributed by atoms with E-state index in [1.807, 2.05) is 43.5 Å². The molecule has 4 aromatic rings. The number of benzene rings is 2. The van der Waals surface area contributed by atoms with Gasteiger partial charge in [-0.25, -0.2) is 0 Å². The molecule has 2 aromatic carbocycles. The third kappa shape index (κ3) is 4.70. The van der Waals surface area contributed by atoms with Crippen LogP contribution in [0.2, 0.25) is 0 Å². The van der Waals surface area contributed by atoms with E-state index in [4.69, 9.17) is 9.47 Å². The lowest BCUT2D eigenvalue weighted by atomic mass is 10.1. The molecule has 0 bridgehead atoms. The number of para-hydroxylation sites is 1. The number of aromatic nitrogens is 2. The number of nitrogens with zero attached hydrogens (tertiary/aromatic N) is 2. The van der Waals surface area contributed by atoms with Gasteiger partial charge in [0.15, 0.2) is 0 Å². The van der Waals surface area contributed by atoms with E-state index in [1.54, 1.807) is 0 Å². The van der Waals surface area contributed by atoms with Crippen LogP contribution in [-0.2, 0) is 13.2 Å². The fourth-order valence-electron chi connectivity index (χ4n) is 3.90. The summed E-state index contributed by atoms with van der Waals surface area (Å²) in [5.74, 6) is 1.71. The van der Waals surface area contributed by atoms with Gasteiger partial charge in [0.1, 0.15) is 23.6 Å². The van der Waals surface area contributed by atoms with Crippen molar-refractivity contribution >= 4 is 23.4 Å². The van der Waals surface area contributed by atoms with Crippen LogP contribution in [0.4, 0.5) is 0 Å². The molecule has 0 saturated carbocycles. The lowest BCUT2D eigenvalue weighted by molar-refractivity contribution is 0.288. The van der Waals surface area contributed by atoms with Gasteiger partial charge in [0.25, 0.3) is 0 Å². The Morgan fingerprint density at radius 2 is 1.71 bits per heavy atom. The Balaban J connectivity index is 0.00000272. The van der Waals surface area contributed by atoms with E-state index in [9.17, 15) is 0 Å². The molecule has 0 unspecified atom stereocenters. The van der Waals surface area contributed by atoms with Crippen molar-refractivity contribution in [2.24, 2.45) is 0 Å². The number of halogens is 1. The summed E-state index contributed by atoms with van der Waals surface area (Å²) in [6.07, 6.45) is 1.83. The fraction of sp³-hybridized carbons (Fsp3) is 0.269. The zero-order valence-electron chi connectivity index (χ0n) is 18.5. The molecule has 2 aromatic heterocycles. The van der Waals surface area contributed by atoms with Gasteiger partial charge in [-0.2, -0.15) is 0 Å². The van der Waals surface area contributed by atoms with Gasteiger partial charge in [0.2, 0.25) is 0 Å². The molecular weight excluding hydrogens is 408 g/mol. The molecule has 0 aliphatic carbocycles. The average molecular weight is 437 g/mol. The number of hydrogen-bond acceptors (Lipinski definition) is 3. The smallest absolute Gasteiger partial charge is 0.147 e. The Bertz CT molecular complexity index is 1180. The number of aryl methyl sites for hydroxylation is 2. The number of ether oxygens (including phenoxy) is 2. The zero-order valence-corrected chi connectivity index (χ0v) is 19.3. The lowest BCUT2D eigenvalue weighted by Crippen LogP contribution is -2.05. The van der Waals surface area contributed by atoms with Crippen LogP contribution in [0.1, 0.15) is 34.9 Å². The second-order valence-corrected chi connectivity index (χ2v) is 7.62. The predicted molar refractivity (Wildman–Crippen MR) is 129 cm³/mol. The summed E-state index contributed by atoms with van der Waals surface area (Å²) in [5, 5.41) is 0. The van der Waals surface area contributed by atoms with Gasteiger partial charge in [0.05, 0.1) is 12.1 Å². The molecule has 0 fully saturated rings. The Hall–Kier alpha value is -2.98. The van der Waals surface area contributed by atoms with Gasteiger partial charge in [-0.15, -0.1) is 12.4 Å². The van der Waals surface area contributed by atoms with E-state index in [2.05, 4.69) is 54.6 Å². The standard InChI is InChI=1S/C26H28N2O2.ClH/c1-5-29-23-12-7-6-11-22(23)17-30-24-13-14-27-25-19(3)20(4)28(26(24)25)16-21-10-8-9-18(2)15-21;/h6-15H,5,16-17H2,1-4H3;1H. The molecule has 0 N–H and O–H groups in total. The summed E-state index contributed by atoms with van der Waals surface area (Å²) in [4.78, 5) is 4.66. The number of rotatable bonds is 7. The van der Waals surface area contributed by atoms with Gasteiger partial charge in [-0.05, 0) is 44.9 Å². The molecule has 4 rings (SSSR count). The molecule has 0 atom stereocenters. The highest BCUT2D eigenvalue weighted by Crippen LogP contribution is 2.32. The van der Waals surface area contributed by atoms with Crippen molar-refractivity contribution in [1.82, 2.24) is 9.55 Å². The second-order valence-electron chi connectivity index (χ2n) is 7.62. The molecule has 162 valence electrons. The quantitative estimate of drug-likeness (QED) is 0.336. The second kappa shape index (κ2) is 9.88. The molecule has 0 aliphatic rings. The summed E-state index contributed by atoms with van der Waals surface area (Å²) in [7, 11) is 0. The monoisotopic (exact) mass is 436 g/mol. The average Bonchev–Trinajstić information content (AvgIpc) is 2.99. The van der Waals surface area contributed by atoms with Crippen LogP contribution in [0.5, 0.6) is 11.5 Å². The van der Waals surface area contributed by atoms with Crippen molar-refractivity contribution in [2.45, 2.75) is 40.8 Å². The molecule has 0 spiro atoms. The van der Waals surface area contributed by atoms with E-state index in [-0.39, 0.29) is 12.4 Å². The summed E-state index contributed by atoms with van der Waals surface area (Å²) >= 11 is 0. The molecule has 4 nitrogen and oxygen atoms in total. The van der Waals surface area contributed by atoms with Gasteiger partial charge < -0.3 is 14.0 Å². The molecule has 0 saturated heterocycles. The maximum atomic E-state index is 6.32. The minimum absolute atomic E-state index is 0. The molecule has 5 heteroatoms. The van der Waals surface area contributed by atoms with E-state index in [0.717, 1.165) is 34.6 Å². The fourth-order valence-corrected chi connectivity index (χ4v) is 3.90. The third-order valence-electron chi connectivity index (χ3n) is 5.54. The van der Waals surface area contributed by atoms with Crippen molar-refractivity contribution < 1.29 is 9.47 Å². The number of pyridine rings is 1. The van der Waals surface area contributed by atoms with Crippen LogP contribution in [0.25, 0.3) is 11.0 Å². The maximum Gasteiger partial charge on any atom is 0.147 e.